The van der Waals surface area contributed by atoms with E-state index in [1.165, 1.54) is 12.0 Å². The molecule has 0 aromatic heterocycles. The van der Waals surface area contributed by atoms with E-state index >= 15 is 0 Å². The minimum Gasteiger partial charge on any atom is -0.339 e. The predicted molar refractivity (Wildman–Crippen MR) is 99.0 cm³/mol. The zero-order valence-corrected chi connectivity index (χ0v) is 15.2. The fraction of sp³-hybridized carbons (Fsp3) is 0.650. The number of hydrogen-bond donors (Lipinski definition) is 1. The van der Waals surface area contributed by atoms with E-state index in [-0.39, 0.29) is 5.91 Å². The van der Waals surface area contributed by atoms with Gasteiger partial charge in [-0.05, 0) is 63.2 Å². The van der Waals surface area contributed by atoms with Gasteiger partial charge >= 0.3 is 0 Å². The lowest BCUT2D eigenvalue weighted by atomic mass is 10.0. The highest BCUT2D eigenvalue weighted by Gasteiger charge is 2.16. The molecule has 0 aliphatic heterocycles. The minimum atomic E-state index is 0.202. The first kappa shape index (κ1) is 19.7. The Morgan fingerprint density at radius 1 is 0.957 bits per heavy atom. The third-order valence-electron chi connectivity index (χ3n) is 4.00. The highest BCUT2D eigenvalue weighted by molar-refractivity contribution is 5.95. The van der Waals surface area contributed by atoms with Crippen LogP contribution in [0.1, 0.15) is 68.8 Å². The zero-order valence-electron chi connectivity index (χ0n) is 15.2. The molecule has 130 valence electrons. The Hall–Kier alpha value is -1.35. The van der Waals surface area contributed by atoms with E-state index in [0.717, 1.165) is 63.8 Å². The molecule has 0 fully saturated rings. The summed E-state index contributed by atoms with van der Waals surface area (Å²) < 4.78 is 0. The van der Waals surface area contributed by atoms with Crippen LogP contribution in [0.4, 0.5) is 0 Å². The Labute approximate surface area is 142 Å². The molecule has 1 rings (SSSR count). The van der Waals surface area contributed by atoms with E-state index in [1.807, 2.05) is 23.1 Å². The van der Waals surface area contributed by atoms with E-state index in [4.69, 9.17) is 0 Å². The van der Waals surface area contributed by atoms with Crippen molar-refractivity contribution in [3.8, 4) is 0 Å². The first-order valence-corrected chi connectivity index (χ1v) is 9.32. The lowest BCUT2D eigenvalue weighted by Gasteiger charge is -2.23. The van der Waals surface area contributed by atoms with Crippen LogP contribution in [0.3, 0.4) is 0 Å². The van der Waals surface area contributed by atoms with E-state index in [1.54, 1.807) is 0 Å². The molecule has 0 spiro atoms. The number of nitrogens with one attached hydrogen (secondary N) is 1. The standard InChI is InChI=1S/C20H34N2O/c1-4-14-21-15-10-9-12-18-11-7-8-13-19(18)20(23)22(16-5-2)17-6-3/h7-8,11,13,21H,4-6,9-10,12,14-17H2,1-3H3. The van der Waals surface area contributed by atoms with Gasteiger partial charge in [-0.15, -0.1) is 0 Å². The summed E-state index contributed by atoms with van der Waals surface area (Å²) in [5, 5.41) is 3.44. The van der Waals surface area contributed by atoms with Crippen molar-refractivity contribution in [2.45, 2.75) is 59.3 Å². The molecule has 0 heterocycles. The maximum atomic E-state index is 12.8. The summed E-state index contributed by atoms with van der Waals surface area (Å²) in [5.74, 6) is 0.202. The van der Waals surface area contributed by atoms with Gasteiger partial charge in [-0.2, -0.15) is 0 Å². The summed E-state index contributed by atoms with van der Waals surface area (Å²) in [6.45, 7) is 10.3. The summed E-state index contributed by atoms with van der Waals surface area (Å²) >= 11 is 0. The summed E-state index contributed by atoms with van der Waals surface area (Å²) in [6.07, 6.45) is 6.48. The normalized spacial score (nSPS) is 10.7. The van der Waals surface area contributed by atoms with Gasteiger partial charge in [0.2, 0.25) is 0 Å². The topological polar surface area (TPSA) is 32.3 Å². The molecule has 0 unspecified atom stereocenters. The summed E-state index contributed by atoms with van der Waals surface area (Å²) in [4.78, 5) is 14.8. The van der Waals surface area contributed by atoms with Crippen molar-refractivity contribution in [1.29, 1.82) is 0 Å². The number of hydrogen-bond acceptors (Lipinski definition) is 2. The first-order chi connectivity index (χ1) is 11.2. The Balaban J connectivity index is 2.62. The summed E-state index contributed by atoms with van der Waals surface area (Å²) in [5.41, 5.74) is 2.10. The average Bonchev–Trinajstić information content (AvgIpc) is 2.57. The first-order valence-electron chi connectivity index (χ1n) is 9.32. The van der Waals surface area contributed by atoms with E-state index in [2.05, 4.69) is 32.2 Å². The second kappa shape index (κ2) is 12.1. The van der Waals surface area contributed by atoms with Crippen LogP contribution in [0.25, 0.3) is 0 Å². The van der Waals surface area contributed by atoms with Crippen molar-refractivity contribution in [3.05, 3.63) is 35.4 Å². The quantitative estimate of drug-likeness (QED) is 0.584. The number of nitrogens with zero attached hydrogens (tertiary/aromatic N) is 1. The molecule has 0 aliphatic rings. The van der Waals surface area contributed by atoms with Crippen LogP contribution in [0.15, 0.2) is 24.3 Å². The van der Waals surface area contributed by atoms with Crippen molar-refractivity contribution in [2.75, 3.05) is 26.2 Å². The largest absolute Gasteiger partial charge is 0.339 e. The maximum absolute atomic E-state index is 12.8. The lowest BCUT2D eigenvalue weighted by Crippen LogP contribution is -2.33. The van der Waals surface area contributed by atoms with Crippen LogP contribution in [0, 0.1) is 0 Å². The molecule has 0 radical (unpaired) electrons. The van der Waals surface area contributed by atoms with Crippen molar-refractivity contribution in [3.63, 3.8) is 0 Å². The number of rotatable bonds is 12. The molecular weight excluding hydrogens is 284 g/mol. The fourth-order valence-corrected chi connectivity index (χ4v) is 2.84. The Morgan fingerprint density at radius 3 is 2.30 bits per heavy atom. The van der Waals surface area contributed by atoms with Gasteiger partial charge in [-0.1, -0.05) is 39.0 Å². The van der Waals surface area contributed by atoms with Crippen molar-refractivity contribution in [2.24, 2.45) is 0 Å². The Kier molecular flexibility index (Phi) is 10.4. The van der Waals surface area contributed by atoms with Gasteiger partial charge in [0, 0.05) is 18.7 Å². The molecule has 1 aromatic rings. The van der Waals surface area contributed by atoms with Gasteiger partial charge in [-0.25, -0.2) is 0 Å². The van der Waals surface area contributed by atoms with E-state index in [0.29, 0.717) is 0 Å². The fourth-order valence-electron chi connectivity index (χ4n) is 2.84. The molecule has 1 amide bonds. The number of amides is 1. The zero-order chi connectivity index (χ0) is 16.9. The average molecular weight is 319 g/mol. The van der Waals surface area contributed by atoms with Crippen LogP contribution < -0.4 is 5.32 Å². The summed E-state index contributed by atoms with van der Waals surface area (Å²) in [6, 6.07) is 8.13. The molecule has 1 N–H and O–H groups in total. The summed E-state index contributed by atoms with van der Waals surface area (Å²) in [7, 11) is 0. The second-order valence-corrected chi connectivity index (χ2v) is 6.16. The van der Waals surface area contributed by atoms with Gasteiger partial charge in [0.25, 0.3) is 5.91 Å². The van der Waals surface area contributed by atoms with Crippen LogP contribution in [-0.4, -0.2) is 37.0 Å². The van der Waals surface area contributed by atoms with Gasteiger partial charge in [-0.3, -0.25) is 4.79 Å². The Bertz CT molecular complexity index is 439. The molecule has 3 nitrogen and oxygen atoms in total. The molecule has 0 bridgehead atoms. The highest BCUT2D eigenvalue weighted by atomic mass is 16.2. The van der Waals surface area contributed by atoms with Crippen LogP contribution in [0.5, 0.6) is 0 Å². The second-order valence-electron chi connectivity index (χ2n) is 6.16. The molecular formula is C20H34N2O. The van der Waals surface area contributed by atoms with Crippen molar-refractivity contribution in [1.82, 2.24) is 10.2 Å². The number of carbonyl (C=O) groups excluding carboxylic acids is 1. The van der Waals surface area contributed by atoms with Crippen LogP contribution >= 0.6 is 0 Å². The Morgan fingerprint density at radius 2 is 1.65 bits per heavy atom. The molecule has 0 atom stereocenters. The molecule has 0 saturated heterocycles. The molecule has 0 saturated carbocycles. The van der Waals surface area contributed by atoms with Gasteiger partial charge < -0.3 is 10.2 Å². The SMILES string of the molecule is CCCNCCCCc1ccccc1C(=O)N(CCC)CCC. The van der Waals surface area contributed by atoms with Gasteiger partial charge in [0.15, 0.2) is 0 Å². The molecule has 23 heavy (non-hydrogen) atoms. The molecule has 1 aromatic carbocycles. The molecule has 0 aliphatic carbocycles. The number of carbonyl (C=O) groups is 1. The van der Waals surface area contributed by atoms with Crippen molar-refractivity contribution < 1.29 is 4.79 Å². The van der Waals surface area contributed by atoms with Crippen LogP contribution in [0.2, 0.25) is 0 Å². The predicted octanol–water partition coefficient (Wildman–Crippen LogP) is 4.27. The van der Waals surface area contributed by atoms with E-state index in [9.17, 15) is 4.79 Å². The number of benzene rings is 1. The smallest absolute Gasteiger partial charge is 0.254 e. The van der Waals surface area contributed by atoms with Gasteiger partial charge in [0.05, 0.1) is 0 Å². The number of unbranched alkanes of at least 4 members (excludes halogenated alkanes) is 1. The minimum absolute atomic E-state index is 0.202. The highest BCUT2D eigenvalue weighted by Crippen LogP contribution is 2.15. The third kappa shape index (κ3) is 7.17. The van der Waals surface area contributed by atoms with Crippen LogP contribution in [-0.2, 0) is 6.42 Å². The number of aryl methyl sites for hydroxylation is 1. The molecule has 3 heteroatoms. The van der Waals surface area contributed by atoms with E-state index < -0.39 is 0 Å². The monoisotopic (exact) mass is 318 g/mol. The van der Waals surface area contributed by atoms with Crippen molar-refractivity contribution >= 4 is 5.91 Å². The lowest BCUT2D eigenvalue weighted by molar-refractivity contribution is 0.0754. The van der Waals surface area contributed by atoms with Gasteiger partial charge in [0.1, 0.15) is 0 Å². The maximum Gasteiger partial charge on any atom is 0.254 e. The third-order valence-corrected chi connectivity index (χ3v) is 4.00.